The van der Waals surface area contributed by atoms with E-state index in [1.54, 1.807) is 19.4 Å². The number of nitrogens with one attached hydrogen (secondary N) is 1. The molecular formula is C17H24N2O4. The van der Waals surface area contributed by atoms with Gasteiger partial charge in [-0.25, -0.2) is 4.98 Å². The minimum atomic E-state index is -0.256. The summed E-state index contributed by atoms with van der Waals surface area (Å²) >= 11 is 0. The second-order valence-electron chi connectivity index (χ2n) is 6.39. The fraction of sp³-hybridized carbons (Fsp3) is 0.647. The van der Waals surface area contributed by atoms with Gasteiger partial charge in [0.2, 0.25) is 11.8 Å². The summed E-state index contributed by atoms with van der Waals surface area (Å²) in [7, 11) is 1.58. The fourth-order valence-electron chi connectivity index (χ4n) is 3.30. The van der Waals surface area contributed by atoms with Crippen molar-refractivity contribution < 1.29 is 19.4 Å². The summed E-state index contributed by atoms with van der Waals surface area (Å²) in [5, 5.41) is 12.8. The Morgan fingerprint density at radius 2 is 2.13 bits per heavy atom. The largest absolute Gasteiger partial charge is 0.481 e. The summed E-state index contributed by atoms with van der Waals surface area (Å²) in [4.78, 5) is 16.8. The van der Waals surface area contributed by atoms with Crippen LogP contribution < -0.4 is 10.1 Å². The first-order valence-corrected chi connectivity index (χ1v) is 8.23. The molecule has 3 rings (SSSR count). The van der Waals surface area contributed by atoms with Crippen LogP contribution in [0.25, 0.3) is 0 Å². The quantitative estimate of drug-likeness (QED) is 0.858. The highest BCUT2D eigenvalue weighted by atomic mass is 16.5. The van der Waals surface area contributed by atoms with Crippen molar-refractivity contribution in [1.29, 1.82) is 0 Å². The van der Waals surface area contributed by atoms with Crippen molar-refractivity contribution in [3.8, 4) is 5.88 Å². The van der Waals surface area contributed by atoms with Crippen molar-refractivity contribution in [2.24, 2.45) is 11.8 Å². The molecule has 1 atom stereocenters. The van der Waals surface area contributed by atoms with Crippen LogP contribution in [0.4, 0.5) is 0 Å². The van der Waals surface area contributed by atoms with E-state index in [1.165, 1.54) is 0 Å². The van der Waals surface area contributed by atoms with E-state index in [1.807, 2.05) is 6.07 Å². The Balaban J connectivity index is 1.71. The number of ether oxygens (including phenoxy) is 2. The molecular weight excluding hydrogens is 296 g/mol. The zero-order chi connectivity index (χ0) is 16.2. The number of aliphatic hydroxyl groups is 1. The third kappa shape index (κ3) is 3.82. The summed E-state index contributed by atoms with van der Waals surface area (Å²) in [5.74, 6) is 0.902. The molecule has 2 fully saturated rings. The Kier molecular flexibility index (Phi) is 5.13. The molecule has 2 heterocycles. The van der Waals surface area contributed by atoms with Crippen LogP contribution in [0.15, 0.2) is 18.3 Å². The summed E-state index contributed by atoms with van der Waals surface area (Å²) in [6.07, 6.45) is 4.46. The molecule has 0 unspecified atom stereocenters. The van der Waals surface area contributed by atoms with Crippen LogP contribution in [0.5, 0.6) is 5.88 Å². The lowest BCUT2D eigenvalue weighted by Gasteiger charge is -2.39. The molecule has 1 saturated carbocycles. The van der Waals surface area contributed by atoms with Crippen molar-refractivity contribution in [1.82, 2.24) is 10.3 Å². The van der Waals surface area contributed by atoms with Crippen LogP contribution in [0.2, 0.25) is 0 Å². The van der Waals surface area contributed by atoms with Crippen LogP contribution >= 0.6 is 0 Å². The van der Waals surface area contributed by atoms with Crippen molar-refractivity contribution in [3.05, 3.63) is 23.9 Å². The fourth-order valence-corrected chi connectivity index (χ4v) is 3.30. The van der Waals surface area contributed by atoms with Gasteiger partial charge < -0.3 is 19.9 Å². The molecule has 0 spiro atoms. The maximum atomic E-state index is 12.6. The molecule has 0 bridgehead atoms. The minimum absolute atomic E-state index is 0.0162. The predicted octanol–water partition coefficient (Wildman–Crippen LogP) is 1.44. The summed E-state index contributed by atoms with van der Waals surface area (Å²) in [6.45, 7) is 1.30. The van der Waals surface area contributed by atoms with Crippen LogP contribution in [-0.4, -0.2) is 42.4 Å². The van der Waals surface area contributed by atoms with E-state index in [2.05, 4.69) is 10.3 Å². The Bertz CT molecular complexity index is 522. The van der Waals surface area contributed by atoms with Gasteiger partial charge in [-0.2, -0.15) is 0 Å². The van der Waals surface area contributed by atoms with Gasteiger partial charge in [0.1, 0.15) is 0 Å². The molecule has 1 aromatic rings. The highest BCUT2D eigenvalue weighted by molar-refractivity contribution is 5.79. The van der Waals surface area contributed by atoms with E-state index in [9.17, 15) is 9.90 Å². The summed E-state index contributed by atoms with van der Waals surface area (Å²) < 4.78 is 10.4. The number of hydrogen-bond donors (Lipinski definition) is 2. The molecule has 23 heavy (non-hydrogen) atoms. The van der Waals surface area contributed by atoms with Gasteiger partial charge >= 0.3 is 0 Å². The monoisotopic (exact) mass is 320 g/mol. The van der Waals surface area contributed by atoms with Crippen LogP contribution in [-0.2, 0) is 9.53 Å². The highest BCUT2D eigenvalue weighted by Gasteiger charge is 2.37. The normalized spacial score (nSPS) is 26.2. The Morgan fingerprint density at radius 3 is 2.70 bits per heavy atom. The number of amides is 1. The van der Waals surface area contributed by atoms with Crippen LogP contribution in [0.1, 0.15) is 37.3 Å². The van der Waals surface area contributed by atoms with Gasteiger partial charge in [0.05, 0.1) is 19.3 Å². The molecule has 1 amide bonds. The molecule has 0 radical (unpaired) electrons. The third-order valence-electron chi connectivity index (χ3n) is 4.84. The average molecular weight is 320 g/mol. The number of pyridine rings is 1. The third-order valence-corrected chi connectivity index (χ3v) is 4.84. The van der Waals surface area contributed by atoms with Crippen LogP contribution in [0, 0.1) is 11.8 Å². The number of aromatic nitrogens is 1. The lowest BCUT2D eigenvalue weighted by molar-refractivity contribution is -0.129. The van der Waals surface area contributed by atoms with E-state index >= 15 is 0 Å². The van der Waals surface area contributed by atoms with Crippen LogP contribution in [0.3, 0.4) is 0 Å². The van der Waals surface area contributed by atoms with Gasteiger partial charge in [0.15, 0.2) is 0 Å². The van der Waals surface area contributed by atoms with E-state index in [0.29, 0.717) is 31.9 Å². The molecule has 1 saturated heterocycles. The number of carbonyl (C=O) groups excluding carboxylic acids is 1. The molecule has 0 aromatic carbocycles. The number of carbonyl (C=O) groups is 1. The zero-order valence-corrected chi connectivity index (χ0v) is 13.4. The minimum Gasteiger partial charge on any atom is -0.481 e. The molecule has 1 aliphatic heterocycles. The van der Waals surface area contributed by atoms with Crippen molar-refractivity contribution in [2.45, 2.75) is 37.8 Å². The Morgan fingerprint density at radius 1 is 1.39 bits per heavy atom. The second-order valence-corrected chi connectivity index (χ2v) is 6.39. The topological polar surface area (TPSA) is 80.7 Å². The zero-order valence-electron chi connectivity index (χ0n) is 13.4. The van der Waals surface area contributed by atoms with E-state index in [4.69, 9.17) is 9.47 Å². The molecule has 2 N–H and O–H groups in total. The smallest absolute Gasteiger partial charge is 0.223 e. The van der Waals surface area contributed by atoms with Crippen molar-refractivity contribution in [2.75, 3.05) is 20.3 Å². The molecule has 2 aliphatic rings. The number of aliphatic hydroxyl groups excluding tert-OH is 1. The molecule has 6 nitrogen and oxygen atoms in total. The summed E-state index contributed by atoms with van der Waals surface area (Å²) in [6, 6.07) is 3.64. The number of nitrogens with zero attached hydrogens (tertiary/aromatic N) is 1. The maximum Gasteiger partial charge on any atom is 0.223 e. The number of methoxy groups -OCH3 is 1. The maximum absolute atomic E-state index is 12.6. The lowest BCUT2D eigenvalue weighted by Crippen LogP contribution is -2.44. The van der Waals surface area contributed by atoms with E-state index < -0.39 is 0 Å². The van der Waals surface area contributed by atoms with Gasteiger partial charge in [-0.3, -0.25) is 4.79 Å². The molecule has 126 valence electrons. The SMILES string of the molecule is COc1ccc([C@@H](NC(=O)C2CCOCC2)C2CC(O)C2)cn1. The van der Waals surface area contributed by atoms with Gasteiger partial charge in [-0.05, 0) is 37.2 Å². The Labute approximate surface area is 136 Å². The van der Waals surface area contributed by atoms with Crippen molar-refractivity contribution in [3.63, 3.8) is 0 Å². The van der Waals surface area contributed by atoms with Gasteiger partial charge in [-0.15, -0.1) is 0 Å². The van der Waals surface area contributed by atoms with Gasteiger partial charge in [-0.1, -0.05) is 6.07 Å². The number of rotatable bonds is 5. The molecule has 6 heteroatoms. The van der Waals surface area contributed by atoms with Crippen molar-refractivity contribution >= 4 is 5.91 Å². The standard InChI is InChI=1S/C17H24N2O4/c1-22-15-3-2-12(10-18-15)16(13-8-14(20)9-13)19-17(21)11-4-6-23-7-5-11/h2-3,10-11,13-14,16,20H,4-9H2,1H3,(H,19,21)/t13?,14?,16-/m1/s1. The van der Waals surface area contributed by atoms with E-state index in [0.717, 1.165) is 18.4 Å². The number of hydrogen-bond acceptors (Lipinski definition) is 5. The highest BCUT2D eigenvalue weighted by Crippen LogP contribution is 2.38. The molecule has 1 aromatic heterocycles. The first-order chi connectivity index (χ1) is 11.2. The first-order valence-electron chi connectivity index (χ1n) is 8.23. The first kappa shape index (κ1) is 16.2. The molecule has 1 aliphatic carbocycles. The lowest BCUT2D eigenvalue weighted by atomic mass is 9.75. The van der Waals surface area contributed by atoms with E-state index in [-0.39, 0.29) is 29.9 Å². The average Bonchev–Trinajstić information content (AvgIpc) is 2.58. The second kappa shape index (κ2) is 7.27. The van der Waals surface area contributed by atoms with Gasteiger partial charge in [0, 0.05) is 31.4 Å². The Hall–Kier alpha value is -1.66. The predicted molar refractivity (Wildman–Crippen MR) is 83.9 cm³/mol. The summed E-state index contributed by atoms with van der Waals surface area (Å²) in [5.41, 5.74) is 0.961. The van der Waals surface area contributed by atoms with Gasteiger partial charge in [0.25, 0.3) is 0 Å².